The maximum Gasteiger partial charge on any atom is 0.225 e. The molecule has 0 aromatic heterocycles. The number of hydrogen-bond donors (Lipinski definition) is 2. The predicted molar refractivity (Wildman–Crippen MR) is 73.8 cm³/mol. The zero-order chi connectivity index (χ0) is 13.8. The van der Waals surface area contributed by atoms with Gasteiger partial charge in [-0.25, -0.2) is 0 Å². The standard InChI is InChI=1S/C14H22N2O2/c1-10-5-6-12(18-4)11(7-10)16-13(17)8-14(2,3)9-15/h5-7H,8-9,15H2,1-4H3,(H,16,17). The van der Waals surface area contributed by atoms with Crippen molar-refractivity contribution >= 4 is 11.6 Å². The molecule has 4 heteroatoms. The van der Waals surface area contributed by atoms with Crippen molar-refractivity contribution < 1.29 is 9.53 Å². The van der Waals surface area contributed by atoms with Crippen LogP contribution in [0.5, 0.6) is 5.75 Å². The Labute approximate surface area is 109 Å². The van der Waals surface area contributed by atoms with E-state index in [1.807, 2.05) is 39.0 Å². The van der Waals surface area contributed by atoms with E-state index in [2.05, 4.69) is 5.32 Å². The Kier molecular flexibility index (Phi) is 4.73. The number of rotatable bonds is 5. The second-order valence-electron chi connectivity index (χ2n) is 5.30. The van der Waals surface area contributed by atoms with Crippen molar-refractivity contribution in [1.29, 1.82) is 0 Å². The van der Waals surface area contributed by atoms with Gasteiger partial charge < -0.3 is 15.8 Å². The first-order valence-electron chi connectivity index (χ1n) is 6.02. The zero-order valence-electron chi connectivity index (χ0n) is 11.5. The topological polar surface area (TPSA) is 64.3 Å². The first-order valence-corrected chi connectivity index (χ1v) is 6.02. The van der Waals surface area contributed by atoms with Gasteiger partial charge in [0.15, 0.2) is 0 Å². The average molecular weight is 250 g/mol. The largest absolute Gasteiger partial charge is 0.495 e. The summed E-state index contributed by atoms with van der Waals surface area (Å²) in [6, 6.07) is 5.68. The van der Waals surface area contributed by atoms with E-state index in [9.17, 15) is 4.79 Å². The van der Waals surface area contributed by atoms with Crippen LogP contribution in [-0.2, 0) is 4.79 Å². The lowest BCUT2D eigenvalue weighted by Gasteiger charge is -2.21. The Morgan fingerprint density at radius 2 is 2.11 bits per heavy atom. The van der Waals surface area contributed by atoms with E-state index in [0.29, 0.717) is 24.4 Å². The summed E-state index contributed by atoms with van der Waals surface area (Å²) in [4.78, 5) is 11.9. The fourth-order valence-electron chi connectivity index (χ4n) is 1.62. The van der Waals surface area contributed by atoms with Gasteiger partial charge in [0.1, 0.15) is 5.75 Å². The summed E-state index contributed by atoms with van der Waals surface area (Å²) < 4.78 is 5.22. The number of nitrogens with two attached hydrogens (primary N) is 1. The number of amides is 1. The minimum Gasteiger partial charge on any atom is -0.495 e. The van der Waals surface area contributed by atoms with Crippen LogP contribution in [0.15, 0.2) is 18.2 Å². The third-order valence-electron chi connectivity index (χ3n) is 2.82. The Bertz CT molecular complexity index is 428. The highest BCUT2D eigenvalue weighted by Crippen LogP contribution is 2.26. The fraction of sp³-hybridized carbons (Fsp3) is 0.500. The summed E-state index contributed by atoms with van der Waals surface area (Å²) in [6.07, 6.45) is 0.389. The molecule has 0 heterocycles. The molecular weight excluding hydrogens is 228 g/mol. The lowest BCUT2D eigenvalue weighted by molar-refractivity contribution is -0.117. The summed E-state index contributed by atoms with van der Waals surface area (Å²) in [5.41, 5.74) is 7.21. The van der Waals surface area contributed by atoms with Gasteiger partial charge in [0.05, 0.1) is 12.8 Å². The lowest BCUT2D eigenvalue weighted by atomic mass is 9.89. The summed E-state index contributed by atoms with van der Waals surface area (Å²) in [6.45, 7) is 6.39. The first-order chi connectivity index (χ1) is 8.38. The van der Waals surface area contributed by atoms with Gasteiger partial charge in [-0.1, -0.05) is 19.9 Å². The van der Waals surface area contributed by atoms with Crippen molar-refractivity contribution in [3.63, 3.8) is 0 Å². The number of carbonyl (C=O) groups is 1. The molecule has 0 aliphatic heterocycles. The number of carbonyl (C=O) groups excluding carboxylic acids is 1. The SMILES string of the molecule is COc1ccc(C)cc1NC(=O)CC(C)(C)CN. The molecule has 18 heavy (non-hydrogen) atoms. The number of hydrogen-bond acceptors (Lipinski definition) is 3. The highest BCUT2D eigenvalue weighted by Gasteiger charge is 2.20. The van der Waals surface area contributed by atoms with Gasteiger partial charge >= 0.3 is 0 Å². The van der Waals surface area contributed by atoms with Crippen molar-refractivity contribution in [1.82, 2.24) is 0 Å². The van der Waals surface area contributed by atoms with Crippen molar-refractivity contribution in [3.8, 4) is 5.75 Å². The second-order valence-corrected chi connectivity index (χ2v) is 5.30. The van der Waals surface area contributed by atoms with Crippen molar-refractivity contribution in [2.75, 3.05) is 19.0 Å². The number of anilines is 1. The average Bonchev–Trinajstić information content (AvgIpc) is 2.28. The molecule has 0 aliphatic rings. The van der Waals surface area contributed by atoms with E-state index in [0.717, 1.165) is 5.56 Å². The van der Waals surface area contributed by atoms with Gasteiger partial charge in [-0.2, -0.15) is 0 Å². The quantitative estimate of drug-likeness (QED) is 0.843. The number of methoxy groups -OCH3 is 1. The molecule has 0 unspecified atom stereocenters. The predicted octanol–water partition coefficient (Wildman–Crippen LogP) is 2.32. The molecule has 0 radical (unpaired) electrons. The molecule has 1 aromatic carbocycles. The van der Waals surface area contributed by atoms with Crippen molar-refractivity contribution in [3.05, 3.63) is 23.8 Å². The molecule has 0 saturated carbocycles. The molecule has 0 spiro atoms. The van der Waals surface area contributed by atoms with Crippen LogP contribution in [-0.4, -0.2) is 19.6 Å². The molecule has 1 aromatic rings. The first kappa shape index (κ1) is 14.5. The molecule has 0 bridgehead atoms. The van der Waals surface area contributed by atoms with E-state index in [1.165, 1.54) is 0 Å². The van der Waals surface area contributed by atoms with E-state index in [-0.39, 0.29) is 11.3 Å². The maximum absolute atomic E-state index is 11.9. The van der Waals surface area contributed by atoms with Crippen molar-refractivity contribution in [2.24, 2.45) is 11.1 Å². The molecule has 0 saturated heterocycles. The van der Waals surface area contributed by atoms with Gasteiger partial charge in [0.25, 0.3) is 0 Å². The summed E-state index contributed by atoms with van der Waals surface area (Å²) >= 11 is 0. The van der Waals surface area contributed by atoms with Gasteiger partial charge in [0.2, 0.25) is 5.91 Å². The summed E-state index contributed by atoms with van der Waals surface area (Å²) in [7, 11) is 1.59. The van der Waals surface area contributed by atoms with E-state index in [1.54, 1.807) is 7.11 Å². The molecule has 1 amide bonds. The summed E-state index contributed by atoms with van der Waals surface area (Å²) in [5, 5.41) is 2.87. The zero-order valence-corrected chi connectivity index (χ0v) is 11.5. The van der Waals surface area contributed by atoms with Gasteiger partial charge in [-0.05, 0) is 36.6 Å². The highest BCUT2D eigenvalue weighted by atomic mass is 16.5. The number of ether oxygens (including phenoxy) is 1. The van der Waals surface area contributed by atoms with Gasteiger partial charge in [0, 0.05) is 6.42 Å². The Morgan fingerprint density at radius 1 is 1.44 bits per heavy atom. The van der Waals surface area contributed by atoms with Crippen LogP contribution in [0.25, 0.3) is 0 Å². The second kappa shape index (κ2) is 5.87. The van der Waals surface area contributed by atoms with Gasteiger partial charge in [-0.15, -0.1) is 0 Å². The third-order valence-corrected chi connectivity index (χ3v) is 2.82. The Morgan fingerprint density at radius 3 is 2.67 bits per heavy atom. The minimum atomic E-state index is -0.193. The van der Waals surface area contributed by atoms with E-state index >= 15 is 0 Å². The van der Waals surface area contributed by atoms with Crippen LogP contribution in [0.3, 0.4) is 0 Å². The Hall–Kier alpha value is -1.55. The smallest absolute Gasteiger partial charge is 0.225 e. The third kappa shape index (κ3) is 4.04. The highest BCUT2D eigenvalue weighted by molar-refractivity contribution is 5.92. The monoisotopic (exact) mass is 250 g/mol. The van der Waals surface area contributed by atoms with Crippen LogP contribution >= 0.6 is 0 Å². The van der Waals surface area contributed by atoms with Crippen LogP contribution in [0.2, 0.25) is 0 Å². The van der Waals surface area contributed by atoms with Crippen LogP contribution in [0, 0.1) is 12.3 Å². The molecule has 0 atom stereocenters. The van der Waals surface area contributed by atoms with E-state index < -0.39 is 0 Å². The molecule has 3 N–H and O–H groups in total. The Balaban J connectivity index is 2.78. The number of aryl methyl sites for hydroxylation is 1. The molecule has 4 nitrogen and oxygen atoms in total. The normalized spacial score (nSPS) is 11.2. The van der Waals surface area contributed by atoms with Crippen LogP contribution < -0.4 is 15.8 Å². The molecule has 100 valence electrons. The van der Waals surface area contributed by atoms with Crippen LogP contribution in [0.1, 0.15) is 25.8 Å². The van der Waals surface area contributed by atoms with Crippen molar-refractivity contribution in [2.45, 2.75) is 27.2 Å². The van der Waals surface area contributed by atoms with E-state index in [4.69, 9.17) is 10.5 Å². The number of benzene rings is 1. The fourth-order valence-corrected chi connectivity index (χ4v) is 1.62. The molecular formula is C14H22N2O2. The lowest BCUT2D eigenvalue weighted by Crippen LogP contribution is -2.29. The molecule has 0 fully saturated rings. The molecule has 0 aliphatic carbocycles. The minimum absolute atomic E-state index is 0.0469. The van der Waals surface area contributed by atoms with Gasteiger partial charge in [-0.3, -0.25) is 4.79 Å². The van der Waals surface area contributed by atoms with Crippen LogP contribution in [0.4, 0.5) is 5.69 Å². The number of nitrogens with one attached hydrogen (secondary N) is 1. The summed E-state index contributed by atoms with van der Waals surface area (Å²) in [5.74, 6) is 0.619. The molecule has 1 rings (SSSR count). The maximum atomic E-state index is 11.9.